The third kappa shape index (κ3) is 3.92. The maximum Gasteiger partial charge on any atom is 0.294 e. The minimum atomic E-state index is -0.555. The summed E-state index contributed by atoms with van der Waals surface area (Å²) in [5, 5.41) is 24.2. The van der Waals surface area contributed by atoms with Crippen LogP contribution in [0.25, 0.3) is 11.3 Å². The fourth-order valence-corrected chi connectivity index (χ4v) is 5.11. The van der Waals surface area contributed by atoms with E-state index in [4.69, 9.17) is 4.52 Å². The molecule has 5 rings (SSSR count). The molecule has 0 saturated heterocycles. The molecule has 1 aliphatic heterocycles. The lowest BCUT2D eigenvalue weighted by atomic mass is 9.79. The number of aliphatic hydroxyl groups is 2. The van der Waals surface area contributed by atoms with Gasteiger partial charge in [0, 0.05) is 22.9 Å². The number of benzene rings is 2. The van der Waals surface area contributed by atoms with Crippen molar-refractivity contribution in [3.8, 4) is 11.3 Å². The van der Waals surface area contributed by atoms with Crippen LogP contribution < -0.4 is 4.90 Å². The normalized spacial score (nSPS) is 19.1. The molecular weight excluding hydrogens is 432 g/mol. The van der Waals surface area contributed by atoms with E-state index in [1.807, 2.05) is 24.3 Å². The summed E-state index contributed by atoms with van der Waals surface area (Å²) in [6.45, 7) is -0.121. The first-order valence-electron chi connectivity index (χ1n) is 11.6. The van der Waals surface area contributed by atoms with E-state index in [9.17, 15) is 19.8 Å². The molecule has 0 spiro atoms. The summed E-state index contributed by atoms with van der Waals surface area (Å²) >= 11 is 0. The number of Topliss-reactive ketones (excluding diaryl/α,β-unsaturated/α-hetero) is 1. The van der Waals surface area contributed by atoms with Crippen molar-refractivity contribution in [2.75, 3.05) is 4.90 Å². The summed E-state index contributed by atoms with van der Waals surface area (Å²) in [7, 11) is 0. The van der Waals surface area contributed by atoms with Gasteiger partial charge >= 0.3 is 0 Å². The summed E-state index contributed by atoms with van der Waals surface area (Å²) in [5.41, 5.74) is 3.39. The van der Waals surface area contributed by atoms with Crippen molar-refractivity contribution in [3.63, 3.8) is 0 Å². The number of aromatic nitrogens is 1. The lowest BCUT2D eigenvalue weighted by Gasteiger charge is -2.35. The van der Waals surface area contributed by atoms with E-state index in [-0.39, 0.29) is 23.9 Å². The van der Waals surface area contributed by atoms with Gasteiger partial charge < -0.3 is 14.7 Å². The molecule has 0 bridgehead atoms. The van der Waals surface area contributed by atoms with Gasteiger partial charge in [-0.25, -0.2) is 0 Å². The Kier molecular flexibility index (Phi) is 6.02. The molecular formula is C27H26N2O5. The van der Waals surface area contributed by atoms with Crippen LogP contribution in [0.15, 0.2) is 76.7 Å². The summed E-state index contributed by atoms with van der Waals surface area (Å²) in [6.07, 6.45) is 6.46. The van der Waals surface area contributed by atoms with E-state index in [1.165, 1.54) is 6.26 Å². The number of hydrogen-bond acceptors (Lipinski definition) is 6. The molecule has 1 aliphatic carbocycles. The first-order valence-corrected chi connectivity index (χ1v) is 11.6. The van der Waals surface area contributed by atoms with E-state index in [0.717, 1.165) is 37.7 Å². The Morgan fingerprint density at radius 1 is 1.00 bits per heavy atom. The Morgan fingerprint density at radius 3 is 2.32 bits per heavy atom. The summed E-state index contributed by atoms with van der Waals surface area (Å²) in [6, 6.07) is 15.2. The lowest BCUT2D eigenvalue weighted by molar-refractivity contribution is -0.117. The Hall–Kier alpha value is -3.71. The number of nitrogens with zero attached hydrogens (tertiary/aromatic N) is 2. The molecule has 34 heavy (non-hydrogen) atoms. The minimum absolute atomic E-state index is 0.0771. The largest absolute Gasteiger partial charge is 0.503 e. The van der Waals surface area contributed by atoms with Gasteiger partial charge in [0.15, 0.2) is 11.5 Å². The second-order valence-corrected chi connectivity index (χ2v) is 8.90. The van der Waals surface area contributed by atoms with Crippen molar-refractivity contribution in [3.05, 3.63) is 83.3 Å². The molecule has 2 N–H and O–H groups in total. The molecule has 7 heteroatoms. The van der Waals surface area contributed by atoms with Crippen LogP contribution >= 0.6 is 0 Å². The highest BCUT2D eigenvalue weighted by molar-refractivity contribution is 6.20. The maximum absolute atomic E-state index is 13.6. The molecule has 1 fully saturated rings. The molecule has 1 atom stereocenters. The van der Waals surface area contributed by atoms with E-state index in [0.29, 0.717) is 22.5 Å². The fourth-order valence-electron chi connectivity index (χ4n) is 5.11. The zero-order valence-corrected chi connectivity index (χ0v) is 18.7. The SMILES string of the molecule is O=C(C1=C(O)C(=O)N(c2ccc(-c3ccon3)cc2)C1C1CCCCC1)c1ccc(CO)cc1. The van der Waals surface area contributed by atoms with Crippen LogP contribution in [0.5, 0.6) is 0 Å². The lowest BCUT2D eigenvalue weighted by Crippen LogP contribution is -2.42. The number of carbonyl (C=O) groups excluding carboxylic acids is 2. The molecule has 0 radical (unpaired) electrons. The third-order valence-electron chi connectivity index (χ3n) is 6.87. The Bertz CT molecular complexity index is 1210. The maximum atomic E-state index is 13.6. The number of aliphatic hydroxyl groups excluding tert-OH is 2. The average molecular weight is 459 g/mol. The van der Waals surface area contributed by atoms with Crippen LogP contribution in [0.4, 0.5) is 5.69 Å². The first-order chi connectivity index (χ1) is 16.6. The Morgan fingerprint density at radius 2 is 1.71 bits per heavy atom. The smallest absolute Gasteiger partial charge is 0.294 e. The summed E-state index contributed by atoms with van der Waals surface area (Å²) in [4.78, 5) is 28.5. The zero-order valence-electron chi connectivity index (χ0n) is 18.7. The van der Waals surface area contributed by atoms with Crippen LogP contribution in [-0.2, 0) is 11.4 Å². The van der Waals surface area contributed by atoms with Crippen LogP contribution in [0, 0.1) is 5.92 Å². The van der Waals surface area contributed by atoms with Gasteiger partial charge in [-0.1, -0.05) is 60.8 Å². The van der Waals surface area contributed by atoms with Crippen molar-refractivity contribution >= 4 is 17.4 Å². The number of carbonyl (C=O) groups is 2. The number of anilines is 1. The van der Waals surface area contributed by atoms with Gasteiger partial charge in [-0.05, 0) is 36.5 Å². The number of amides is 1. The quantitative estimate of drug-likeness (QED) is 0.513. The third-order valence-corrected chi connectivity index (χ3v) is 6.87. The van der Waals surface area contributed by atoms with E-state index in [2.05, 4.69) is 5.16 Å². The van der Waals surface area contributed by atoms with Crippen molar-refractivity contribution in [1.82, 2.24) is 5.16 Å². The molecule has 2 aliphatic rings. The topological polar surface area (TPSA) is 104 Å². The van der Waals surface area contributed by atoms with Gasteiger partial charge in [0.25, 0.3) is 5.91 Å². The predicted molar refractivity (Wildman–Crippen MR) is 126 cm³/mol. The van der Waals surface area contributed by atoms with Gasteiger partial charge in [-0.2, -0.15) is 0 Å². The Balaban J connectivity index is 1.53. The molecule has 1 aromatic heterocycles. The first kappa shape index (κ1) is 22.1. The summed E-state index contributed by atoms with van der Waals surface area (Å²) in [5.74, 6) is -1.31. The van der Waals surface area contributed by atoms with Crippen molar-refractivity contribution in [2.24, 2.45) is 5.92 Å². The highest BCUT2D eigenvalue weighted by atomic mass is 16.5. The second kappa shape index (κ2) is 9.27. The predicted octanol–water partition coefficient (Wildman–Crippen LogP) is 4.82. The molecule has 3 aromatic rings. The highest BCUT2D eigenvalue weighted by Crippen LogP contribution is 2.41. The molecule has 7 nitrogen and oxygen atoms in total. The van der Waals surface area contributed by atoms with Crippen molar-refractivity contribution in [2.45, 2.75) is 44.8 Å². The van der Waals surface area contributed by atoms with Gasteiger partial charge in [0.05, 0.1) is 18.2 Å². The van der Waals surface area contributed by atoms with Crippen molar-refractivity contribution in [1.29, 1.82) is 0 Å². The van der Waals surface area contributed by atoms with E-state index in [1.54, 1.807) is 35.2 Å². The van der Waals surface area contributed by atoms with Crippen LogP contribution in [0.3, 0.4) is 0 Å². The summed E-state index contributed by atoms with van der Waals surface area (Å²) < 4.78 is 4.92. The van der Waals surface area contributed by atoms with Gasteiger partial charge in [0.2, 0.25) is 0 Å². The molecule has 1 amide bonds. The second-order valence-electron chi connectivity index (χ2n) is 8.90. The van der Waals surface area contributed by atoms with Crippen LogP contribution in [0.2, 0.25) is 0 Å². The van der Waals surface area contributed by atoms with Crippen LogP contribution in [-0.4, -0.2) is 33.1 Å². The molecule has 1 unspecified atom stereocenters. The number of hydrogen-bond donors (Lipinski definition) is 2. The number of rotatable bonds is 6. The number of ketones is 1. The molecule has 174 valence electrons. The van der Waals surface area contributed by atoms with Gasteiger partial charge in [0.1, 0.15) is 12.0 Å². The van der Waals surface area contributed by atoms with Gasteiger partial charge in [-0.3, -0.25) is 14.5 Å². The van der Waals surface area contributed by atoms with Gasteiger partial charge in [-0.15, -0.1) is 0 Å². The monoisotopic (exact) mass is 458 g/mol. The van der Waals surface area contributed by atoms with E-state index >= 15 is 0 Å². The minimum Gasteiger partial charge on any atom is -0.503 e. The molecule has 2 aromatic carbocycles. The van der Waals surface area contributed by atoms with E-state index < -0.39 is 17.7 Å². The molecule has 1 saturated carbocycles. The highest BCUT2D eigenvalue weighted by Gasteiger charge is 2.47. The Labute approximate surface area is 197 Å². The standard InChI is InChI=1S/C27H26N2O5/c30-16-17-6-8-20(9-7-17)25(31)23-24(19-4-2-1-3-5-19)29(27(33)26(23)32)21-12-10-18(11-13-21)22-14-15-34-28-22/h6-15,19,24,30,32H,1-5,16H2. The zero-order chi connectivity index (χ0) is 23.7. The van der Waals surface area contributed by atoms with Crippen molar-refractivity contribution < 1.29 is 24.3 Å². The average Bonchev–Trinajstić information content (AvgIpc) is 3.52. The fraction of sp³-hybridized carbons (Fsp3) is 0.296. The van der Waals surface area contributed by atoms with Crippen LogP contribution in [0.1, 0.15) is 48.0 Å². The molecule has 2 heterocycles.